The van der Waals surface area contributed by atoms with Gasteiger partial charge in [0.15, 0.2) is 5.16 Å². The van der Waals surface area contributed by atoms with Crippen molar-refractivity contribution in [2.24, 2.45) is 0 Å². The van der Waals surface area contributed by atoms with Gasteiger partial charge in [-0.3, -0.25) is 9.59 Å². The molecule has 0 radical (unpaired) electrons. The Bertz CT molecular complexity index is 1200. The smallest absolute Gasteiger partial charge is 0.234 e. The topological polar surface area (TPSA) is 88.9 Å². The molecule has 0 atom stereocenters. The standard InChI is InChI=1S/C23H23BrClN5O2S/c1-4-9-30-20(12-21(31)27-19-8-5-14(2)10-15(19)3)28-29-23(30)33-13-22(32)26-16-6-7-17(24)18(25)11-16/h4-8,10-11H,1,9,12-13H2,2-3H3,(H,26,32)(H,27,31). The molecule has 0 unspecified atom stereocenters. The molecule has 7 nitrogen and oxygen atoms in total. The fourth-order valence-corrected chi connectivity index (χ4v) is 4.26. The third-order valence-corrected chi connectivity index (χ3v) is 6.81. The van der Waals surface area contributed by atoms with Crippen molar-refractivity contribution >= 4 is 62.5 Å². The lowest BCUT2D eigenvalue weighted by Gasteiger charge is -2.10. The Morgan fingerprint density at radius 2 is 1.94 bits per heavy atom. The summed E-state index contributed by atoms with van der Waals surface area (Å²) >= 11 is 10.6. The van der Waals surface area contributed by atoms with Crippen LogP contribution in [0.25, 0.3) is 0 Å². The number of carbonyl (C=O) groups excluding carboxylic acids is 2. The maximum absolute atomic E-state index is 12.6. The number of amides is 2. The predicted octanol–water partition coefficient (Wildman–Crippen LogP) is 5.41. The highest BCUT2D eigenvalue weighted by Gasteiger charge is 2.17. The highest BCUT2D eigenvalue weighted by Crippen LogP contribution is 2.26. The minimum Gasteiger partial charge on any atom is -0.325 e. The normalized spacial score (nSPS) is 10.7. The lowest BCUT2D eigenvalue weighted by atomic mass is 10.1. The molecule has 2 aromatic carbocycles. The van der Waals surface area contributed by atoms with Crippen LogP contribution in [0.1, 0.15) is 17.0 Å². The Morgan fingerprint density at radius 3 is 2.64 bits per heavy atom. The molecule has 0 aliphatic rings. The van der Waals surface area contributed by atoms with Crippen LogP contribution >= 0.6 is 39.3 Å². The number of thioether (sulfide) groups is 1. The van der Waals surface area contributed by atoms with Crippen molar-refractivity contribution in [1.29, 1.82) is 0 Å². The van der Waals surface area contributed by atoms with Crippen molar-refractivity contribution in [3.63, 3.8) is 0 Å². The molecule has 2 N–H and O–H groups in total. The number of halogens is 2. The zero-order chi connectivity index (χ0) is 24.0. The van der Waals surface area contributed by atoms with Crippen LogP contribution in [0, 0.1) is 13.8 Å². The number of aromatic nitrogens is 3. The van der Waals surface area contributed by atoms with E-state index >= 15 is 0 Å². The molecule has 1 aromatic heterocycles. The van der Waals surface area contributed by atoms with Gasteiger partial charge in [0.05, 0.1) is 17.2 Å². The van der Waals surface area contributed by atoms with Gasteiger partial charge >= 0.3 is 0 Å². The zero-order valence-electron chi connectivity index (χ0n) is 18.2. The number of rotatable bonds is 9. The van der Waals surface area contributed by atoms with Crippen molar-refractivity contribution in [2.75, 3.05) is 16.4 Å². The summed E-state index contributed by atoms with van der Waals surface area (Å²) < 4.78 is 2.53. The summed E-state index contributed by atoms with van der Waals surface area (Å²) in [5, 5.41) is 15.1. The van der Waals surface area contributed by atoms with Gasteiger partial charge in [-0.25, -0.2) is 0 Å². The summed E-state index contributed by atoms with van der Waals surface area (Å²) in [5.74, 6) is 0.221. The Balaban J connectivity index is 1.63. The molecule has 0 saturated carbocycles. The summed E-state index contributed by atoms with van der Waals surface area (Å²) in [6, 6.07) is 11.0. The molecule has 0 fully saturated rings. The maximum Gasteiger partial charge on any atom is 0.234 e. The van der Waals surface area contributed by atoms with Crippen LogP contribution < -0.4 is 10.6 Å². The van der Waals surface area contributed by atoms with Crippen molar-refractivity contribution in [1.82, 2.24) is 14.8 Å². The molecule has 33 heavy (non-hydrogen) atoms. The number of carbonyl (C=O) groups is 2. The van der Waals surface area contributed by atoms with E-state index in [0.717, 1.165) is 21.3 Å². The average molecular weight is 549 g/mol. The number of hydrogen-bond acceptors (Lipinski definition) is 5. The fraction of sp³-hybridized carbons (Fsp3) is 0.217. The highest BCUT2D eigenvalue weighted by atomic mass is 79.9. The van der Waals surface area contributed by atoms with E-state index in [-0.39, 0.29) is 24.0 Å². The van der Waals surface area contributed by atoms with Gasteiger partial charge in [0.2, 0.25) is 11.8 Å². The molecular weight excluding hydrogens is 526 g/mol. The van der Waals surface area contributed by atoms with Crippen molar-refractivity contribution < 1.29 is 9.59 Å². The van der Waals surface area contributed by atoms with Gasteiger partial charge in [-0.05, 0) is 59.6 Å². The molecule has 0 aliphatic carbocycles. The van der Waals surface area contributed by atoms with Crippen LogP contribution in [-0.2, 0) is 22.6 Å². The molecule has 0 saturated heterocycles. The maximum atomic E-state index is 12.6. The van der Waals surface area contributed by atoms with E-state index in [1.165, 1.54) is 11.8 Å². The molecule has 1 heterocycles. The first kappa shape index (κ1) is 25.0. The monoisotopic (exact) mass is 547 g/mol. The van der Waals surface area contributed by atoms with E-state index in [1.54, 1.807) is 28.8 Å². The van der Waals surface area contributed by atoms with Gasteiger partial charge in [0.25, 0.3) is 0 Å². The summed E-state index contributed by atoms with van der Waals surface area (Å²) in [6.07, 6.45) is 1.75. The van der Waals surface area contributed by atoms with E-state index in [4.69, 9.17) is 11.6 Å². The van der Waals surface area contributed by atoms with Gasteiger partial charge in [-0.1, -0.05) is 47.1 Å². The lowest BCUT2D eigenvalue weighted by molar-refractivity contribution is -0.116. The van der Waals surface area contributed by atoms with Crippen LogP contribution in [0.4, 0.5) is 11.4 Å². The minimum absolute atomic E-state index is 0.0539. The van der Waals surface area contributed by atoms with E-state index in [2.05, 4.69) is 43.3 Å². The average Bonchev–Trinajstić information content (AvgIpc) is 3.13. The second-order valence-electron chi connectivity index (χ2n) is 7.31. The first-order valence-corrected chi connectivity index (χ1v) is 12.2. The molecule has 0 aliphatic heterocycles. The molecule has 0 spiro atoms. The van der Waals surface area contributed by atoms with E-state index < -0.39 is 0 Å². The molecular formula is C23H23BrClN5O2S. The first-order valence-electron chi connectivity index (χ1n) is 10.0. The molecule has 10 heteroatoms. The molecule has 0 bridgehead atoms. The number of hydrogen-bond donors (Lipinski definition) is 2. The molecule has 172 valence electrons. The Labute approximate surface area is 210 Å². The van der Waals surface area contributed by atoms with Crippen molar-refractivity contribution in [3.8, 4) is 0 Å². The molecule has 3 aromatic rings. The fourth-order valence-electron chi connectivity index (χ4n) is 3.06. The highest BCUT2D eigenvalue weighted by molar-refractivity contribution is 9.10. The number of nitrogens with one attached hydrogen (secondary N) is 2. The predicted molar refractivity (Wildman–Crippen MR) is 137 cm³/mol. The summed E-state index contributed by atoms with van der Waals surface area (Å²) in [4.78, 5) is 25.0. The van der Waals surface area contributed by atoms with Crippen LogP contribution in [0.5, 0.6) is 0 Å². The number of benzene rings is 2. The van der Waals surface area contributed by atoms with Crippen molar-refractivity contribution in [3.05, 3.63) is 75.5 Å². The third kappa shape index (κ3) is 6.93. The Kier molecular flexibility index (Phi) is 8.71. The van der Waals surface area contributed by atoms with Crippen LogP contribution in [0.15, 0.2) is 58.7 Å². The zero-order valence-corrected chi connectivity index (χ0v) is 21.4. The number of aryl methyl sites for hydroxylation is 2. The van der Waals surface area contributed by atoms with Gasteiger partial charge in [-0.15, -0.1) is 16.8 Å². The van der Waals surface area contributed by atoms with E-state index in [0.29, 0.717) is 28.2 Å². The van der Waals surface area contributed by atoms with Gasteiger partial charge in [-0.2, -0.15) is 0 Å². The first-order chi connectivity index (χ1) is 15.8. The van der Waals surface area contributed by atoms with E-state index in [1.807, 2.05) is 32.0 Å². The summed E-state index contributed by atoms with van der Waals surface area (Å²) in [5.41, 5.74) is 3.49. The Morgan fingerprint density at radius 1 is 1.15 bits per heavy atom. The van der Waals surface area contributed by atoms with Crippen molar-refractivity contribution in [2.45, 2.75) is 32.0 Å². The van der Waals surface area contributed by atoms with Gasteiger partial charge in [0.1, 0.15) is 5.82 Å². The summed E-state index contributed by atoms with van der Waals surface area (Å²) in [7, 11) is 0. The summed E-state index contributed by atoms with van der Waals surface area (Å²) in [6.45, 7) is 8.14. The molecule has 3 rings (SSSR count). The quantitative estimate of drug-likeness (QED) is 0.276. The third-order valence-electron chi connectivity index (χ3n) is 4.62. The van der Waals surface area contributed by atoms with Gasteiger partial charge in [0, 0.05) is 22.4 Å². The van der Waals surface area contributed by atoms with E-state index in [9.17, 15) is 9.59 Å². The number of anilines is 2. The largest absolute Gasteiger partial charge is 0.325 e. The van der Waals surface area contributed by atoms with Crippen LogP contribution in [0.3, 0.4) is 0 Å². The van der Waals surface area contributed by atoms with Crippen LogP contribution in [-0.4, -0.2) is 32.3 Å². The second-order valence-corrected chi connectivity index (χ2v) is 9.51. The number of nitrogens with zero attached hydrogens (tertiary/aromatic N) is 3. The minimum atomic E-state index is -0.208. The lowest BCUT2D eigenvalue weighted by Crippen LogP contribution is -2.18. The van der Waals surface area contributed by atoms with Gasteiger partial charge < -0.3 is 15.2 Å². The Hall–Kier alpha value is -2.62. The van der Waals surface area contributed by atoms with Crippen LogP contribution in [0.2, 0.25) is 5.02 Å². The number of allylic oxidation sites excluding steroid dienone is 1. The molecule has 2 amide bonds. The SMILES string of the molecule is C=CCn1c(CC(=O)Nc2ccc(C)cc2C)nnc1SCC(=O)Nc1ccc(Br)c(Cl)c1. The second kappa shape index (κ2) is 11.5.